The molecule has 0 amide bonds. The van der Waals surface area contributed by atoms with Gasteiger partial charge in [0.1, 0.15) is 29.1 Å². The Hall–Kier alpha value is -2.56. The molecule has 5 nitrogen and oxygen atoms in total. The molecule has 0 saturated carbocycles. The van der Waals surface area contributed by atoms with Crippen LogP contribution in [0, 0.1) is 0 Å². The Balaban J connectivity index is 2.54. The van der Waals surface area contributed by atoms with Gasteiger partial charge < -0.3 is 23.7 Å². The van der Waals surface area contributed by atoms with E-state index >= 15 is 0 Å². The van der Waals surface area contributed by atoms with E-state index in [1.54, 1.807) is 28.4 Å². The van der Waals surface area contributed by atoms with E-state index in [1.807, 2.05) is 32.1 Å². The highest BCUT2D eigenvalue weighted by Crippen LogP contribution is 2.51. The van der Waals surface area contributed by atoms with Crippen LogP contribution in [0.3, 0.4) is 0 Å². The van der Waals surface area contributed by atoms with Gasteiger partial charge in [-0.2, -0.15) is 0 Å². The number of fused-ring (bicyclic) bond motifs is 2. The molecular weight excluding hydrogens is 308 g/mol. The number of methoxy groups -OCH3 is 4. The zero-order chi connectivity index (χ0) is 17.4. The Morgan fingerprint density at radius 3 is 2.21 bits per heavy atom. The summed E-state index contributed by atoms with van der Waals surface area (Å²) in [5, 5.41) is 1.72. The van der Waals surface area contributed by atoms with Crippen molar-refractivity contribution in [1.29, 1.82) is 0 Å². The topological polar surface area (TPSA) is 46.2 Å². The van der Waals surface area contributed by atoms with Crippen molar-refractivity contribution < 1.29 is 23.7 Å². The van der Waals surface area contributed by atoms with Crippen LogP contribution >= 0.6 is 0 Å². The van der Waals surface area contributed by atoms with Gasteiger partial charge in [0.2, 0.25) is 0 Å². The molecule has 1 aliphatic heterocycles. The minimum atomic E-state index is -0.148. The molecular formula is C19H22O5. The Kier molecular flexibility index (Phi) is 4.18. The number of hydrogen-bond donors (Lipinski definition) is 0. The first-order chi connectivity index (χ1) is 11.5. The average molecular weight is 330 g/mol. The van der Waals surface area contributed by atoms with Crippen LogP contribution in [-0.2, 0) is 4.74 Å². The Morgan fingerprint density at radius 1 is 0.917 bits per heavy atom. The predicted octanol–water partition coefficient (Wildman–Crippen LogP) is 4.33. The van der Waals surface area contributed by atoms with Crippen molar-refractivity contribution >= 4 is 16.8 Å². The van der Waals surface area contributed by atoms with E-state index in [4.69, 9.17) is 23.7 Å². The second-order valence-electron chi connectivity index (χ2n) is 5.66. The van der Waals surface area contributed by atoms with E-state index in [2.05, 4.69) is 0 Å². The van der Waals surface area contributed by atoms with E-state index in [1.165, 1.54) is 0 Å². The molecule has 0 N–H and O–H groups in total. The van der Waals surface area contributed by atoms with Gasteiger partial charge in [-0.1, -0.05) is 0 Å². The predicted molar refractivity (Wildman–Crippen MR) is 93.3 cm³/mol. The summed E-state index contributed by atoms with van der Waals surface area (Å²) in [4.78, 5) is 0. The van der Waals surface area contributed by atoms with Crippen LogP contribution in [0.25, 0.3) is 16.8 Å². The molecule has 0 aromatic heterocycles. The lowest BCUT2D eigenvalue weighted by atomic mass is 9.92. The van der Waals surface area contributed by atoms with Gasteiger partial charge in [-0.15, -0.1) is 0 Å². The molecule has 0 fully saturated rings. The van der Waals surface area contributed by atoms with E-state index in [-0.39, 0.29) is 6.10 Å². The smallest absolute Gasteiger partial charge is 0.138 e. The zero-order valence-corrected chi connectivity index (χ0v) is 14.9. The zero-order valence-electron chi connectivity index (χ0n) is 14.9. The molecule has 1 aliphatic rings. The van der Waals surface area contributed by atoms with Gasteiger partial charge in [-0.3, -0.25) is 0 Å². The summed E-state index contributed by atoms with van der Waals surface area (Å²) in [6.07, 6.45) is 1.83. The van der Waals surface area contributed by atoms with Gasteiger partial charge in [-0.05, 0) is 26.0 Å². The molecule has 3 rings (SSSR count). The van der Waals surface area contributed by atoms with Gasteiger partial charge in [0.05, 0.1) is 39.6 Å². The summed E-state index contributed by atoms with van der Waals surface area (Å²) in [6.45, 7) is 3.93. The number of allylic oxidation sites excluding steroid dienone is 1. The lowest BCUT2D eigenvalue weighted by molar-refractivity contribution is 0.129. The number of ether oxygens (including phenoxy) is 5. The molecule has 0 aliphatic carbocycles. The van der Waals surface area contributed by atoms with Crippen LogP contribution in [0.5, 0.6) is 23.0 Å². The van der Waals surface area contributed by atoms with Crippen molar-refractivity contribution in [1.82, 2.24) is 0 Å². The van der Waals surface area contributed by atoms with Crippen LogP contribution in [-0.4, -0.2) is 28.4 Å². The van der Waals surface area contributed by atoms with Crippen LogP contribution in [0.1, 0.15) is 31.1 Å². The maximum atomic E-state index is 5.88. The second-order valence-corrected chi connectivity index (χ2v) is 5.66. The fraction of sp³-hybridized carbons (Fsp3) is 0.368. The summed E-state index contributed by atoms with van der Waals surface area (Å²) in [5.41, 5.74) is 1.92. The molecule has 1 atom stereocenters. The van der Waals surface area contributed by atoms with Crippen molar-refractivity contribution in [3.8, 4) is 23.0 Å². The standard InChI is InChI=1S/C19H22O5/c1-10-7-13-16(11(2)24-10)19(23-6)17-14(18(13)22-5)8-12(20-3)9-15(17)21-4/h7-9,11H,1-6H3/t11-/m0/s1. The molecule has 0 saturated heterocycles. The monoisotopic (exact) mass is 330 g/mol. The highest BCUT2D eigenvalue weighted by Gasteiger charge is 2.29. The summed E-state index contributed by atoms with van der Waals surface area (Å²) in [7, 11) is 6.58. The lowest BCUT2D eigenvalue weighted by Crippen LogP contribution is -2.10. The van der Waals surface area contributed by atoms with Gasteiger partial charge in [-0.25, -0.2) is 0 Å². The summed E-state index contributed by atoms with van der Waals surface area (Å²) in [6, 6.07) is 3.77. The Labute approximate surface area is 141 Å². The SMILES string of the molecule is COc1cc(OC)c2c(OC)c3c(c(OC)c2c1)C=C(C)O[C@H]3C. The third-order valence-electron chi connectivity index (χ3n) is 4.31. The molecule has 128 valence electrons. The van der Waals surface area contributed by atoms with Crippen LogP contribution in [0.15, 0.2) is 17.9 Å². The van der Waals surface area contributed by atoms with E-state index in [9.17, 15) is 0 Å². The Bertz CT molecular complexity index is 823. The van der Waals surface area contributed by atoms with Crippen LogP contribution < -0.4 is 18.9 Å². The lowest BCUT2D eigenvalue weighted by Gasteiger charge is -2.28. The van der Waals surface area contributed by atoms with Crippen LogP contribution in [0.4, 0.5) is 0 Å². The highest BCUT2D eigenvalue weighted by atomic mass is 16.5. The maximum absolute atomic E-state index is 5.88. The van der Waals surface area contributed by atoms with Crippen molar-refractivity contribution in [3.63, 3.8) is 0 Å². The first-order valence-electron chi connectivity index (χ1n) is 7.74. The summed E-state index contributed by atoms with van der Waals surface area (Å²) in [5.74, 6) is 3.69. The van der Waals surface area contributed by atoms with Crippen molar-refractivity contribution in [2.24, 2.45) is 0 Å². The van der Waals surface area contributed by atoms with Crippen molar-refractivity contribution in [2.75, 3.05) is 28.4 Å². The van der Waals surface area contributed by atoms with Crippen LogP contribution in [0.2, 0.25) is 0 Å². The van der Waals surface area contributed by atoms with E-state index in [0.29, 0.717) is 11.5 Å². The quantitative estimate of drug-likeness (QED) is 0.835. The molecule has 1 heterocycles. The minimum absolute atomic E-state index is 0.148. The number of benzene rings is 2. The van der Waals surface area contributed by atoms with Crippen molar-refractivity contribution in [2.45, 2.75) is 20.0 Å². The first kappa shape index (κ1) is 16.3. The molecule has 2 aromatic carbocycles. The van der Waals surface area contributed by atoms with E-state index in [0.717, 1.165) is 39.2 Å². The molecule has 2 aromatic rings. The largest absolute Gasteiger partial charge is 0.497 e. The van der Waals surface area contributed by atoms with Gasteiger partial charge in [0.15, 0.2) is 0 Å². The molecule has 5 heteroatoms. The average Bonchev–Trinajstić information content (AvgIpc) is 2.58. The first-order valence-corrected chi connectivity index (χ1v) is 7.74. The molecule has 24 heavy (non-hydrogen) atoms. The van der Waals surface area contributed by atoms with E-state index < -0.39 is 0 Å². The minimum Gasteiger partial charge on any atom is -0.497 e. The van der Waals surface area contributed by atoms with Gasteiger partial charge in [0, 0.05) is 22.6 Å². The number of hydrogen-bond acceptors (Lipinski definition) is 5. The third kappa shape index (κ3) is 2.31. The normalized spacial score (nSPS) is 16.1. The second kappa shape index (κ2) is 6.15. The molecule has 0 spiro atoms. The summed E-state index contributed by atoms with van der Waals surface area (Å²) >= 11 is 0. The van der Waals surface area contributed by atoms with Gasteiger partial charge >= 0.3 is 0 Å². The Morgan fingerprint density at radius 2 is 1.62 bits per heavy atom. The molecule has 0 bridgehead atoms. The maximum Gasteiger partial charge on any atom is 0.138 e. The molecule has 0 radical (unpaired) electrons. The molecule has 0 unspecified atom stereocenters. The highest BCUT2D eigenvalue weighted by molar-refractivity contribution is 6.03. The fourth-order valence-electron chi connectivity index (χ4n) is 3.36. The fourth-order valence-corrected chi connectivity index (χ4v) is 3.36. The van der Waals surface area contributed by atoms with Gasteiger partial charge in [0.25, 0.3) is 0 Å². The number of rotatable bonds is 4. The van der Waals surface area contributed by atoms with Crippen molar-refractivity contribution in [3.05, 3.63) is 29.0 Å². The summed E-state index contributed by atoms with van der Waals surface area (Å²) < 4.78 is 28.4. The third-order valence-corrected chi connectivity index (χ3v) is 4.31.